The lowest BCUT2D eigenvalue weighted by molar-refractivity contribution is -0.136. The summed E-state index contributed by atoms with van der Waals surface area (Å²) in [6.07, 6.45) is 6.47. The number of ether oxygens (including phenoxy) is 1. The van der Waals surface area contributed by atoms with Crippen molar-refractivity contribution in [2.45, 2.75) is 24.9 Å². The number of carbonyl (C=O) groups excluding carboxylic acids is 2. The summed E-state index contributed by atoms with van der Waals surface area (Å²) in [7, 11) is 1.60. The molecule has 1 aromatic carbocycles. The van der Waals surface area contributed by atoms with Gasteiger partial charge in [0.2, 0.25) is 0 Å². The molecule has 0 N–H and O–H groups in total. The number of nitrogens with zero attached hydrogens (tertiary/aromatic N) is 4. The lowest BCUT2D eigenvalue weighted by atomic mass is 9.85. The molecule has 0 unspecified atom stereocenters. The van der Waals surface area contributed by atoms with E-state index >= 15 is 0 Å². The summed E-state index contributed by atoms with van der Waals surface area (Å²) < 4.78 is 5.24. The lowest BCUT2D eigenvalue weighted by Crippen LogP contribution is -2.57. The highest BCUT2D eigenvalue weighted by Crippen LogP contribution is 2.38. The number of rotatable bonds is 8. The van der Waals surface area contributed by atoms with E-state index in [1.165, 1.54) is 4.90 Å². The van der Waals surface area contributed by atoms with Gasteiger partial charge in [0.05, 0.1) is 13.2 Å². The van der Waals surface area contributed by atoms with E-state index in [1.54, 1.807) is 24.4 Å². The molecule has 4 rings (SSSR count). The summed E-state index contributed by atoms with van der Waals surface area (Å²) in [5, 5.41) is 0.750. The fourth-order valence-corrected chi connectivity index (χ4v) is 4.94. The Hall–Kier alpha value is -2.74. The summed E-state index contributed by atoms with van der Waals surface area (Å²) in [6, 6.07) is 13.4. The molecule has 33 heavy (non-hydrogen) atoms. The first-order valence-corrected chi connectivity index (χ1v) is 11.6. The van der Waals surface area contributed by atoms with Crippen LogP contribution < -0.4 is 0 Å². The van der Waals surface area contributed by atoms with E-state index in [9.17, 15) is 9.59 Å². The van der Waals surface area contributed by atoms with Gasteiger partial charge in [0.25, 0.3) is 5.91 Å². The van der Waals surface area contributed by atoms with Gasteiger partial charge < -0.3 is 9.64 Å². The number of aromatic nitrogens is 1. The van der Waals surface area contributed by atoms with Crippen molar-refractivity contribution < 1.29 is 14.3 Å². The second-order valence-corrected chi connectivity index (χ2v) is 8.97. The second-order valence-electron chi connectivity index (χ2n) is 8.49. The van der Waals surface area contributed by atoms with E-state index in [4.69, 9.17) is 16.3 Å². The average Bonchev–Trinajstić information content (AvgIpc) is 3.01. The fourth-order valence-electron chi connectivity index (χ4n) is 4.64. The SMILES string of the molecule is COCCN1C(=O)N(Cc2cccnc2)C(=O)C12CCN(CC(Cl)=Cc1ccccc1)CC2. The van der Waals surface area contributed by atoms with E-state index in [-0.39, 0.29) is 18.5 Å². The fraction of sp³-hybridized carbons (Fsp3) is 0.400. The molecule has 3 amide bonds. The predicted molar refractivity (Wildman–Crippen MR) is 127 cm³/mol. The summed E-state index contributed by atoms with van der Waals surface area (Å²) in [4.78, 5) is 36.3. The van der Waals surface area contributed by atoms with Gasteiger partial charge in [-0.15, -0.1) is 0 Å². The zero-order valence-corrected chi connectivity index (χ0v) is 19.6. The molecule has 0 radical (unpaired) electrons. The van der Waals surface area contributed by atoms with Crippen LogP contribution >= 0.6 is 11.6 Å². The maximum atomic E-state index is 13.6. The van der Waals surface area contributed by atoms with E-state index in [0.717, 1.165) is 16.2 Å². The highest BCUT2D eigenvalue weighted by molar-refractivity contribution is 6.31. The number of hydrogen-bond donors (Lipinski definition) is 0. The minimum absolute atomic E-state index is 0.127. The van der Waals surface area contributed by atoms with Crippen LogP contribution in [0.2, 0.25) is 0 Å². The van der Waals surface area contributed by atoms with Crippen molar-refractivity contribution in [3.05, 3.63) is 71.0 Å². The minimum Gasteiger partial charge on any atom is -0.383 e. The van der Waals surface area contributed by atoms with Crippen LogP contribution in [-0.4, -0.2) is 77.1 Å². The molecule has 3 heterocycles. The third-order valence-electron chi connectivity index (χ3n) is 6.38. The van der Waals surface area contributed by atoms with Crippen LogP contribution in [0.4, 0.5) is 4.79 Å². The molecule has 2 aliphatic rings. The Kier molecular flexibility index (Phi) is 7.42. The van der Waals surface area contributed by atoms with Crippen LogP contribution in [0.5, 0.6) is 0 Å². The molecule has 7 nitrogen and oxygen atoms in total. The summed E-state index contributed by atoms with van der Waals surface area (Å²) in [5.74, 6) is -0.127. The lowest BCUT2D eigenvalue weighted by Gasteiger charge is -2.42. The Morgan fingerprint density at radius 1 is 1.15 bits per heavy atom. The van der Waals surface area contributed by atoms with Gasteiger partial charge in [0.15, 0.2) is 0 Å². The maximum Gasteiger partial charge on any atom is 0.328 e. The second kappa shape index (κ2) is 10.5. The zero-order chi connectivity index (χ0) is 23.3. The maximum absolute atomic E-state index is 13.6. The third-order valence-corrected chi connectivity index (χ3v) is 6.61. The Balaban J connectivity index is 1.46. The number of methoxy groups -OCH3 is 1. The molecule has 2 saturated heterocycles. The molecule has 0 saturated carbocycles. The average molecular weight is 469 g/mol. The van der Waals surface area contributed by atoms with Crippen molar-refractivity contribution in [2.24, 2.45) is 0 Å². The molecule has 8 heteroatoms. The van der Waals surface area contributed by atoms with Crippen LogP contribution in [0.3, 0.4) is 0 Å². The Bertz CT molecular complexity index is 991. The number of halogens is 1. The van der Waals surface area contributed by atoms with Crippen molar-refractivity contribution in [3.8, 4) is 0 Å². The standard InChI is InChI=1S/C25H29ClN4O3/c1-33-15-14-30-24(32)29(18-21-8-5-11-27-17-21)23(31)25(30)9-12-28(13-10-25)19-22(26)16-20-6-3-2-4-7-20/h2-8,11,16-17H,9-10,12-15,18-19H2,1H3. The van der Waals surface area contributed by atoms with E-state index < -0.39 is 5.54 Å². The number of benzene rings is 1. The topological polar surface area (TPSA) is 66.0 Å². The first-order valence-electron chi connectivity index (χ1n) is 11.2. The van der Waals surface area contributed by atoms with Crippen LogP contribution in [0.15, 0.2) is 59.9 Å². The number of pyridine rings is 1. The van der Waals surface area contributed by atoms with Crippen molar-refractivity contribution in [3.63, 3.8) is 0 Å². The number of piperidine rings is 1. The molecular formula is C25H29ClN4O3. The molecule has 1 spiro atoms. The first kappa shape index (κ1) is 23.4. The molecule has 1 aromatic heterocycles. The number of amides is 3. The van der Waals surface area contributed by atoms with Gasteiger partial charge in [-0.1, -0.05) is 48.0 Å². The molecule has 2 aromatic rings. The van der Waals surface area contributed by atoms with Crippen molar-refractivity contribution in [1.82, 2.24) is 19.7 Å². The molecule has 0 bridgehead atoms. The van der Waals surface area contributed by atoms with Crippen LogP contribution in [-0.2, 0) is 16.1 Å². The number of carbonyl (C=O) groups is 2. The first-order chi connectivity index (χ1) is 16.0. The van der Waals surface area contributed by atoms with Gasteiger partial charge in [-0.05, 0) is 36.1 Å². The van der Waals surface area contributed by atoms with Gasteiger partial charge in [0, 0.05) is 50.7 Å². The predicted octanol–water partition coefficient (Wildman–Crippen LogP) is 3.61. The van der Waals surface area contributed by atoms with E-state index in [2.05, 4.69) is 9.88 Å². The van der Waals surface area contributed by atoms with Crippen molar-refractivity contribution in [2.75, 3.05) is 39.9 Å². The van der Waals surface area contributed by atoms with Crippen LogP contribution in [0.25, 0.3) is 6.08 Å². The van der Waals surface area contributed by atoms with Gasteiger partial charge in [-0.3, -0.25) is 19.6 Å². The number of imide groups is 1. The largest absolute Gasteiger partial charge is 0.383 e. The summed E-state index contributed by atoms with van der Waals surface area (Å²) in [6.45, 7) is 2.98. The van der Waals surface area contributed by atoms with Crippen molar-refractivity contribution in [1.29, 1.82) is 0 Å². The van der Waals surface area contributed by atoms with E-state index in [1.807, 2.05) is 48.5 Å². The van der Waals surface area contributed by atoms with Crippen LogP contribution in [0.1, 0.15) is 24.0 Å². The Morgan fingerprint density at radius 2 is 1.91 bits per heavy atom. The highest BCUT2D eigenvalue weighted by atomic mass is 35.5. The number of hydrogen-bond acceptors (Lipinski definition) is 5. The molecule has 0 aliphatic carbocycles. The summed E-state index contributed by atoms with van der Waals surface area (Å²) in [5.41, 5.74) is 1.06. The zero-order valence-electron chi connectivity index (χ0n) is 18.8. The smallest absolute Gasteiger partial charge is 0.328 e. The van der Waals surface area contributed by atoms with Gasteiger partial charge in [-0.25, -0.2) is 4.79 Å². The minimum atomic E-state index is -0.829. The van der Waals surface area contributed by atoms with Crippen molar-refractivity contribution >= 4 is 29.6 Å². The Morgan fingerprint density at radius 3 is 2.58 bits per heavy atom. The Labute approximate surface area is 199 Å². The summed E-state index contributed by atoms with van der Waals surface area (Å²) >= 11 is 6.52. The molecule has 0 atom stereocenters. The van der Waals surface area contributed by atoms with Gasteiger partial charge in [0.1, 0.15) is 5.54 Å². The molecular weight excluding hydrogens is 440 g/mol. The third kappa shape index (κ3) is 5.11. The quantitative estimate of drug-likeness (QED) is 0.554. The highest BCUT2D eigenvalue weighted by Gasteiger charge is 2.57. The normalized spacial score (nSPS) is 19.0. The van der Waals surface area contributed by atoms with Gasteiger partial charge >= 0.3 is 6.03 Å². The molecule has 2 fully saturated rings. The molecule has 174 valence electrons. The van der Waals surface area contributed by atoms with Crippen LogP contribution in [0, 0.1) is 0 Å². The number of likely N-dealkylation sites (tertiary alicyclic amines) is 1. The number of urea groups is 1. The van der Waals surface area contributed by atoms with Gasteiger partial charge in [-0.2, -0.15) is 0 Å². The van der Waals surface area contributed by atoms with E-state index in [0.29, 0.717) is 45.6 Å². The monoisotopic (exact) mass is 468 g/mol. The molecule has 2 aliphatic heterocycles.